The molecule has 3 heterocycles. The Hall–Kier alpha value is -8.58. The minimum Gasteiger partial charge on any atom is -0.463 e. The molecule has 15 atom stereocenters. The maximum absolute atomic E-state index is 14.8. The lowest BCUT2D eigenvalue weighted by molar-refractivity contribution is -0.372. The normalized spacial score (nSPS) is 26.6. The fourth-order valence-electron chi connectivity index (χ4n) is 10.4. The summed E-state index contributed by atoms with van der Waals surface area (Å²) in [5.74, 6) is -3.03. The van der Waals surface area contributed by atoms with Crippen LogP contribution in [0, 0.1) is 0 Å². The molecule has 460 valence electrons. The summed E-state index contributed by atoms with van der Waals surface area (Å²) in [6.45, 7) is -0.636. The van der Waals surface area contributed by atoms with Gasteiger partial charge in [0, 0.05) is 31.0 Å². The number of nitrogens with zero attached hydrogens (tertiary/aromatic N) is 6. The number of methoxy groups -OCH3 is 2. The molecule has 3 aliphatic rings. The van der Waals surface area contributed by atoms with E-state index >= 15 is 0 Å². The molecule has 6 aromatic rings. The molecule has 8 unspecified atom stereocenters. The van der Waals surface area contributed by atoms with E-state index in [1.165, 1.54) is 33.3 Å². The van der Waals surface area contributed by atoms with E-state index in [4.69, 9.17) is 66.3 Å². The number of hydrogen-bond acceptors (Lipinski definition) is 20. The molecule has 24 nitrogen and oxygen atoms in total. The Balaban J connectivity index is 1.16. The molecule has 24 heteroatoms. The van der Waals surface area contributed by atoms with Gasteiger partial charge in [0.05, 0.1) is 36.5 Å². The highest BCUT2D eigenvalue weighted by molar-refractivity contribution is 5.90. The molecule has 0 aromatic heterocycles. The first-order valence-corrected chi connectivity index (χ1v) is 28.3. The van der Waals surface area contributed by atoms with Gasteiger partial charge in [-0.2, -0.15) is 0 Å². The topological polar surface area (TPSA) is 295 Å². The van der Waals surface area contributed by atoms with Crippen molar-refractivity contribution in [3.8, 4) is 0 Å². The van der Waals surface area contributed by atoms with Crippen LogP contribution in [0.5, 0.6) is 0 Å². The zero-order valence-corrected chi connectivity index (χ0v) is 48.3. The summed E-state index contributed by atoms with van der Waals surface area (Å²) in [4.78, 5) is 61.3. The molecule has 0 amide bonds. The highest BCUT2D eigenvalue weighted by Crippen LogP contribution is 2.39. The fourth-order valence-corrected chi connectivity index (χ4v) is 10.4. The van der Waals surface area contributed by atoms with Crippen molar-refractivity contribution in [2.75, 3.05) is 34.0 Å². The van der Waals surface area contributed by atoms with E-state index in [1.807, 2.05) is 66.7 Å². The van der Waals surface area contributed by atoms with Crippen LogP contribution in [0.2, 0.25) is 0 Å². The third kappa shape index (κ3) is 16.9. The average Bonchev–Trinajstić information content (AvgIpc) is 1.47. The van der Waals surface area contributed by atoms with Crippen molar-refractivity contribution in [3.05, 3.63) is 236 Å². The molecule has 0 aliphatic carbocycles. The first-order chi connectivity index (χ1) is 43.0. The number of esters is 4. The third-order valence-electron chi connectivity index (χ3n) is 14.6. The summed E-state index contributed by atoms with van der Waals surface area (Å²) in [6, 6.07) is 49.1. The van der Waals surface area contributed by atoms with Gasteiger partial charge in [0.25, 0.3) is 0 Å². The molecule has 6 aromatic carbocycles. The second-order valence-corrected chi connectivity index (χ2v) is 20.4. The van der Waals surface area contributed by atoms with E-state index in [0.29, 0.717) is 11.1 Å². The van der Waals surface area contributed by atoms with E-state index in [0.717, 1.165) is 5.56 Å². The van der Waals surface area contributed by atoms with Gasteiger partial charge in [-0.15, -0.1) is 0 Å². The van der Waals surface area contributed by atoms with Gasteiger partial charge in [0.15, 0.2) is 25.0 Å². The lowest BCUT2D eigenvalue weighted by atomic mass is 9.94. The summed E-state index contributed by atoms with van der Waals surface area (Å²) in [6.07, 6.45) is -18.6. The summed E-state index contributed by atoms with van der Waals surface area (Å²) in [7, 11) is 2.73. The Morgan fingerprint density at radius 2 is 0.761 bits per heavy atom. The average molecular weight is 1210 g/mol. The Labute approximate surface area is 506 Å². The Bertz CT molecular complexity index is 3260. The quantitative estimate of drug-likeness (QED) is 0.0152. The summed E-state index contributed by atoms with van der Waals surface area (Å²) in [5, 5.41) is 8.27. The Morgan fingerprint density at radius 3 is 1.19 bits per heavy atom. The minimum atomic E-state index is -1.80. The van der Waals surface area contributed by atoms with E-state index in [9.17, 15) is 30.2 Å². The Morgan fingerprint density at radius 1 is 0.409 bits per heavy atom. The molecule has 9 rings (SSSR count). The van der Waals surface area contributed by atoms with Gasteiger partial charge in [-0.3, -0.25) is 4.79 Å². The molecule has 88 heavy (non-hydrogen) atoms. The predicted molar refractivity (Wildman–Crippen MR) is 310 cm³/mol. The molecular formula is C64H66N6O18. The van der Waals surface area contributed by atoms with Crippen LogP contribution in [0.4, 0.5) is 0 Å². The van der Waals surface area contributed by atoms with Crippen molar-refractivity contribution >= 4 is 23.9 Å². The fraction of sp³-hybridized carbons (Fsp3) is 0.375. The van der Waals surface area contributed by atoms with Crippen molar-refractivity contribution in [1.29, 1.82) is 0 Å². The molecule has 3 aliphatic heterocycles. The van der Waals surface area contributed by atoms with Crippen LogP contribution in [0.15, 0.2) is 192 Å². The maximum atomic E-state index is 14.8. The minimum absolute atomic E-state index is 0.0218. The summed E-state index contributed by atoms with van der Waals surface area (Å²) >= 11 is 0. The van der Waals surface area contributed by atoms with Gasteiger partial charge in [-0.1, -0.05) is 156 Å². The largest absolute Gasteiger partial charge is 0.463 e. The number of rotatable bonds is 27. The number of azide groups is 2. The maximum Gasteiger partial charge on any atom is 0.338 e. The molecule has 0 bridgehead atoms. The monoisotopic (exact) mass is 1210 g/mol. The highest BCUT2D eigenvalue weighted by atomic mass is 16.8. The predicted octanol–water partition coefficient (Wildman–Crippen LogP) is 9.21. The second-order valence-electron chi connectivity index (χ2n) is 20.4. The number of benzene rings is 6. The van der Waals surface area contributed by atoms with Crippen molar-refractivity contribution in [2.45, 2.75) is 119 Å². The van der Waals surface area contributed by atoms with E-state index in [2.05, 4.69) is 20.1 Å². The molecule has 3 saturated heterocycles. The van der Waals surface area contributed by atoms with Gasteiger partial charge in [0.1, 0.15) is 86.8 Å². The highest BCUT2D eigenvalue weighted by Gasteiger charge is 2.58. The third-order valence-corrected chi connectivity index (χ3v) is 14.6. The van der Waals surface area contributed by atoms with Gasteiger partial charge >= 0.3 is 23.9 Å². The zero-order chi connectivity index (χ0) is 61.6. The van der Waals surface area contributed by atoms with E-state index < -0.39 is 136 Å². The first-order valence-electron chi connectivity index (χ1n) is 28.3. The summed E-state index contributed by atoms with van der Waals surface area (Å²) in [5.41, 5.74) is 23.1. The Kier molecular flexibility index (Phi) is 23.5. The van der Waals surface area contributed by atoms with E-state index in [1.54, 1.807) is 103 Å². The standard InChI is InChI=1S/C64H66N6O18/c1-40(71)77-37-48-54(87-63-51(68-70-66)55(78-34-41-22-10-4-11-23-41)52(75-2)47(84-63)38-81-59(72)44-28-16-7-17-29-44)57(80-36-43-26-14-6-15-27-43)58(86-61(74)46-32-20-9-21-33-46)64(85-48)88-53-49(39-82-60(73)45-30-18-8-19-31-45)83-62(76-3)50(67-69-65)56(53)79-35-42-24-12-5-13-25-42/h4-33,47-58,62-64H,34-39H2,1-3H3/t47?,48-,49?,50-,51-,52?,53?,54+,55-,56+,57?,58?,62?,63?,64-/m0/s1. The summed E-state index contributed by atoms with van der Waals surface area (Å²) < 4.78 is 90.4. The molecule has 3 fully saturated rings. The van der Waals surface area contributed by atoms with Crippen molar-refractivity contribution in [2.24, 2.45) is 10.2 Å². The van der Waals surface area contributed by atoms with Gasteiger partial charge < -0.3 is 66.3 Å². The number of ether oxygens (including phenoxy) is 14. The van der Waals surface area contributed by atoms with E-state index in [-0.39, 0.29) is 36.5 Å². The lowest BCUT2D eigenvalue weighted by Crippen LogP contribution is -2.68. The molecule has 0 spiro atoms. The smallest absolute Gasteiger partial charge is 0.338 e. The van der Waals surface area contributed by atoms with Crippen LogP contribution < -0.4 is 0 Å². The van der Waals surface area contributed by atoms with Gasteiger partial charge in [-0.05, 0) is 64.2 Å². The zero-order valence-electron chi connectivity index (χ0n) is 48.3. The van der Waals surface area contributed by atoms with Gasteiger partial charge in [0.2, 0.25) is 0 Å². The number of carbonyl (C=O) groups is 4. The molecular weight excluding hydrogens is 1140 g/mol. The number of carbonyl (C=O) groups excluding carboxylic acids is 4. The van der Waals surface area contributed by atoms with Crippen LogP contribution in [0.25, 0.3) is 20.9 Å². The lowest BCUT2D eigenvalue weighted by Gasteiger charge is -2.50. The molecule has 0 radical (unpaired) electrons. The second kappa shape index (κ2) is 32.4. The SMILES string of the molecule is COC1OC(COC(=O)c2ccccc2)C(O[C@@H]2O[C@@H](COC(C)=O)[C@@H](OC3OC(COC(=O)c4ccccc4)C(OC)[C@@H](OCc4ccccc4)[C@@H]3N=[N+]=[N-])C(OCc3ccccc3)C2OC(=O)c2ccccc2)[C@H](OCc2ccccc2)[C@@H]1N=[N+]=[N-]. The van der Waals surface area contributed by atoms with Crippen molar-refractivity contribution in [1.82, 2.24) is 0 Å². The molecule has 0 N–H and O–H groups in total. The van der Waals surface area contributed by atoms with Crippen molar-refractivity contribution < 1.29 is 85.5 Å². The van der Waals surface area contributed by atoms with Crippen LogP contribution in [0.1, 0.15) is 54.7 Å². The number of hydrogen-bond donors (Lipinski definition) is 0. The van der Waals surface area contributed by atoms with Crippen LogP contribution in [-0.4, -0.2) is 150 Å². The van der Waals surface area contributed by atoms with Crippen molar-refractivity contribution in [3.63, 3.8) is 0 Å². The molecule has 0 saturated carbocycles. The van der Waals surface area contributed by atoms with Crippen LogP contribution in [0.3, 0.4) is 0 Å². The van der Waals surface area contributed by atoms with Gasteiger partial charge in [-0.25, -0.2) is 14.4 Å². The van der Waals surface area contributed by atoms with Crippen LogP contribution >= 0.6 is 0 Å². The van der Waals surface area contributed by atoms with Crippen LogP contribution in [-0.2, 0) is 90.9 Å². The first kappa shape index (κ1) is 63.9.